The van der Waals surface area contributed by atoms with Gasteiger partial charge in [-0.1, -0.05) is 6.42 Å². The molecule has 0 aromatic heterocycles. The molecule has 0 aromatic rings. The average Bonchev–Trinajstić information content (AvgIpc) is 2.75. The fourth-order valence-corrected chi connectivity index (χ4v) is 3.89. The van der Waals surface area contributed by atoms with Crippen molar-refractivity contribution in [3.05, 3.63) is 0 Å². The second-order valence-electron chi connectivity index (χ2n) is 4.84. The highest BCUT2D eigenvalue weighted by Crippen LogP contribution is 2.31. The Morgan fingerprint density at radius 2 is 1.86 bits per heavy atom. The second kappa shape index (κ2) is 8.60. The first-order valence-electron chi connectivity index (χ1n) is 6.74. The van der Waals surface area contributed by atoms with Crippen LogP contribution in [0.1, 0.15) is 25.7 Å². The van der Waals surface area contributed by atoms with E-state index in [-0.39, 0.29) is 23.3 Å². The lowest BCUT2D eigenvalue weighted by Crippen LogP contribution is -2.55. The summed E-state index contributed by atoms with van der Waals surface area (Å²) >= 11 is 1.65. The summed E-state index contributed by atoms with van der Waals surface area (Å²) in [7, 11) is 1.36. The van der Waals surface area contributed by atoms with Gasteiger partial charge in [-0.05, 0) is 12.8 Å². The van der Waals surface area contributed by atoms with Crippen LogP contribution in [-0.2, 0) is 9.53 Å². The summed E-state index contributed by atoms with van der Waals surface area (Å²) in [6, 6.07) is -1.73. The van der Waals surface area contributed by atoms with Gasteiger partial charge in [0.25, 0.3) is 0 Å². The smallest absolute Gasteiger partial charge is 0.312 e. The largest absolute Gasteiger partial charge is 0.469 e. The lowest BCUT2D eigenvalue weighted by Gasteiger charge is -2.24. The van der Waals surface area contributed by atoms with E-state index in [1.807, 2.05) is 0 Å². The topological polar surface area (TPSA) is 137 Å². The zero-order valence-electron chi connectivity index (χ0n) is 12.0. The van der Waals surface area contributed by atoms with Crippen molar-refractivity contribution in [2.75, 3.05) is 12.9 Å². The Balaban J connectivity index is 2.45. The molecule has 1 saturated heterocycles. The number of thioether (sulfide) groups is 1. The van der Waals surface area contributed by atoms with Gasteiger partial charge in [0.1, 0.15) is 0 Å². The molecule has 0 unspecified atom stereocenters. The van der Waals surface area contributed by atoms with Gasteiger partial charge in [0.15, 0.2) is 0 Å². The molecule has 0 radical (unpaired) electrons. The molecule has 120 valence electrons. The summed E-state index contributed by atoms with van der Waals surface area (Å²) in [5, 5.41) is 5.41. The Morgan fingerprint density at radius 3 is 2.43 bits per heavy atom. The SMILES string of the molecule is COC(=O)CCCC[C@@H]1SC[C@@H](NC(N)=O)[C@H]1NC(N)=O. The Bertz CT molecular complexity index is 393. The number of methoxy groups -OCH3 is 1. The van der Waals surface area contributed by atoms with Crippen molar-refractivity contribution in [2.24, 2.45) is 11.5 Å². The van der Waals surface area contributed by atoms with Crippen molar-refractivity contribution in [2.45, 2.75) is 43.0 Å². The van der Waals surface area contributed by atoms with Crippen molar-refractivity contribution in [3.8, 4) is 0 Å². The normalized spacial score (nSPS) is 24.3. The van der Waals surface area contributed by atoms with Crippen molar-refractivity contribution in [1.82, 2.24) is 10.6 Å². The molecular formula is C12H22N4O4S. The van der Waals surface area contributed by atoms with Crippen LogP contribution in [0.2, 0.25) is 0 Å². The van der Waals surface area contributed by atoms with Crippen LogP contribution in [-0.4, -0.2) is 48.2 Å². The number of unbranched alkanes of at least 4 members (excludes halogenated alkanes) is 1. The highest BCUT2D eigenvalue weighted by Gasteiger charge is 2.37. The van der Waals surface area contributed by atoms with E-state index in [1.54, 1.807) is 11.8 Å². The van der Waals surface area contributed by atoms with Gasteiger partial charge in [0, 0.05) is 17.4 Å². The van der Waals surface area contributed by atoms with Crippen LogP contribution in [0, 0.1) is 0 Å². The molecule has 1 heterocycles. The van der Waals surface area contributed by atoms with Gasteiger partial charge in [0.2, 0.25) is 0 Å². The van der Waals surface area contributed by atoms with E-state index in [2.05, 4.69) is 15.4 Å². The summed E-state index contributed by atoms with van der Waals surface area (Å²) in [6.07, 6.45) is 2.74. The number of nitrogens with one attached hydrogen (secondary N) is 2. The van der Waals surface area contributed by atoms with Crippen molar-refractivity contribution in [3.63, 3.8) is 0 Å². The highest BCUT2D eigenvalue weighted by molar-refractivity contribution is 8.00. The molecule has 6 N–H and O–H groups in total. The highest BCUT2D eigenvalue weighted by atomic mass is 32.2. The molecule has 9 heteroatoms. The summed E-state index contributed by atoms with van der Waals surface area (Å²) in [5.74, 6) is 0.435. The van der Waals surface area contributed by atoms with Gasteiger partial charge in [-0.25, -0.2) is 9.59 Å². The van der Waals surface area contributed by atoms with E-state index in [4.69, 9.17) is 11.5 Å². The third kappa shape index (κ3) is 6.11. The van der Waals surface area contributed by atoms with Crippen molar-refractivity contribution in [1.29, 1.82) is 0 Å². The van der Waals surface area contributed by atoms with E-state index < -0.39 is 12.1 Å². The molecule has 0 aliphatic carbocycles. The summed E-state index contributed by atoms with van der Waals surface area (Å²) in [5.41, 5.74) is 10.3. The van der Waals surface area contributed by atoms with Gasteiger partial charge < -0.3 is 26.8 Å². The predicted octanol–water partition coefficient (Wildman–Crippen LogP) is -0.0910. The standard InChI is InChI=1S/C12H22N4O4S/c1-20-9(17)5-3-2-4-8-10(16-12(14)19)7(6-21-8)15-11(13)18/h7-8,10H,2-6H2,1H3,(H3,13,15,18)(H3,14,16,19)/t7-,8+,10-/m1/s1. The minimum atomic E-state index is -0.627. The molecule has 1 fully saturated rings. The third-order valence-corrected chi connectivity index (χ3v) is 4.82. The van der Waals surface area contributed by atoms with Crippen LogP contribution in [0.3, 0.4) is 0 Å². The van der Waals surface area contributed by atoms with E-state index in [9.17, 15) is 14.4 Å². The Morgan fingerprint density at radius 1 is 1.19 bits per heavy atom. The van der Waals surface area contributed by atoms with Crippen molar-refractivity contribution < 1.29 is 19.1 Å². The molecule has 8 nitrogen and oxygen atoms in total. The number of urea groups is 2. The maximum Gasteiger partial charge on any atom is 0.312 e. The Kier molecular flexibility index (Phi) is 7.13. The molecule has 0 aromatic carbocycles. The summed E-state index contributed by atoms with van der Waals surface area (Å²) in [6.45, 7) is 0. The summed E-state index contributed by atoms with van der Waals surface area (Å²) < 4.78 is 4.58. The molecule has 1 aliphatic heterocycles. The van der Waals surface area contributed by atoms with Gasteiger partial charge in [-0.3, -0.25) is 4.79 Å². The Labute approximate surface area is 127 Å². The van der Waals surface area contributed by atoms with Crippen LogP contribution >= 0.6 is 11.8 Å². The lowest BCUT2D eigenvalue weighted by molar-refractivity contribution is -0.140. The Hall–Kier alpha value is -1.64. The fourth-order valence-electron chi connectivity index (χ4n) is 2.35. The number of carbonyl (C=O) groups is 3. The molecule has 0 saturated carbocycles. The van der Waals surface area contributed by atoms with Gasteiger partial charge in [-0.2, -0.15) is 11.8 Å². The first kappa shape index (κ1) is 17.4. The summed E-state index contributed by atoms with van der Waals surface area (Å²) in [4.78, 5) is 33.1. The maximum atomic E-state index is 11.1. The van der Waals surface area contributed by atoms with Crippen molar-refractivity contribution >= 4 is 29.8 Å². The fraction of sp³-hybridized carbons (Fsp3) is 0.750. The third-order valence-electron chi connectivity index (χ3n) is 3.31. The van der Waals surface area contributed by atoms with Gasteiger partial charge in [-0.15, -0.1) is 0 Å². The molecule has 0 bridgehead atoms. The molecular weight excluding hydrogens is 296 g/mol. The number of primary amides is 2. The zero-order valence-corrected chi connectivity index (χ0v) is 12.8. The number of carbonyl (C=O) groups excluding carboxylic acids is 3. The van der Waals surface area contributed by atoms with Gasteiger partial charge >= 0.3 is 18.0 Å². The number of nitrogens with two attached hydrogens (primary N) is 2. The maximum absolute atomic E-state index is 11.1. The number of hydrogen-bond donors (Lipinski definition) is 4. The van der Waals surface area contributed by atoms with E-state index in [0.29, 0.717) is 12.2 Å². The predicted molar refractivity (Wildman–Crippen MR) is 79.7 cm³/mol. The average molecular weight is 318 g/mol. The first-order chi connectivity index (χ1) is 9.93. The molecule has 21 heavy (non-hydrogen) atoms. The first-order valence-corrected chi connectivity index (χ1v) is 7.79. The quantitative estimate of drug-likeness (QED) is 0.384. The van der Waals surface area contributed by atoms with E-state index >= 15 is 0 Å². The number of amides is 4. The minimum Gasteiger partial charge on any atom is -0.469 e. The molecule has 1 aliphatic rings. The monoisotopic (exact) mass is 318 g/mol. The molecule has 4 amide bonds. The second-order valence-corrected chi connectivity index (χ2v) is 6.12. The number of ether oxygens (including phenoxy) is 1. The lowest BCUT2D eigenvalue weighted by atomic mass is 10.0. The molecule has 1 rings (SSSR count). The molecule has 0 spiro atoms. The van der Waals surface area contributed by atoms with E-state index in [1.165, 1.54) is 7.11 Å². The van der Waals surface area contributed by atoms with Crippen LogP contribution in [0.15, 0.2) is 0 Å². The zero-order chi connectivity index (χ0) is 15.8. The van der Waals surface area contributed by atoms with Crippen LogP contribution in [0.25, 0.3) is 0 Å². The van der Waals surface area contributed by atoms with Crippen LogP contribution in [0.5, 0.6) is 0 Å². The van der Waals surface area contributed by atoms with E-state index in [0.717, 1.165) is 19.3 Å². The number of esters is 1. The number of rotatable bonds is 7. The number of hydrogen-bond acceptors (Lipinski definition) is 5. The van der Waals surface area contributed by atoms with Crippen LogP contribution < -0.4 is 22.1 Å². The van der Waals surface area contributed by atoms with Gasteiger partial charge in [0.05, 0.1) is 19.2 Å². The van der Waals surface area contributed by atoms with Crippen LogP contribution in [0.4, 0.5) is 9.59 Å². The minimum absolute atomic E-state index is 0.131. The molecule has 3 atom stereocenters.